The fourth-order valence-electron chi connectivity index (χ4n) is 3.84. The molecule has 3 heterocycles. The molecule has 4 rings (SSSR count). The number of carbonyl (C=O) groups excluding carboxylic acids is 1. The van der Waals surface area contributed by atoms with Crippen LogP contribution in [-0.2, 0) is 11.3 Å². The standard InChI is InChI=1S/C23H22N2OS/c1-4-23(26)25-13-20(19-12-16(3)27-22(19)14-25)17-7-5-6-8-18(17)21-11-15(2)9-10-24-21/h4-12,20H,1,13-14H2,2-3H3/t20-/m1/s1. The van der Waals surface area contributed by atoms with Gasteiger partial charge in [0.15, 0.2) is 0 Å². The first-order valence-corrected chi connectivity index (χ1v) is 9.91. The van der Waals surface area contributed by atoms with E-state index >= 15 is 0 Å². The zero-order valence-corrected chi connectivity index (χ0v) is 16.4. The van der Waals surface area contributed by atoms with Crippen molar-refractivity contribution in [3.05, 3.63) is 87.8 Å². The number of fused-ring (bicyclic) bond motifs is 1. The number of aryl methyl sites for hydroxylation is 2. The van der Waals surface area contributed by atoms with Gasteiger partial charge in [-0.2, -0.15) is 0 Å². The fourth-order valence-corrected chi connectivity index (χ4v) is 4.95. The normalized spacial score (nSPS) is 16.1. The van der Waals surface area contributed by atoms with E-state index < -0.39 is 0 Å². The Kier molecular flexibility index (Phi) is 4.66. The maximum atomic E-state index is 12.4. The van der Waals surface area contributed by atoms with Gasteiger partial charge in [-0.25, -0.2) is 0 Å². The first-order chi connectivity index (χ1) is 13.1. The van der Waals surface area contributed by atoms with E-state index in [1.54, 1.807) is 11.3 Å². The summed E-state index contributed by atoms with van der Waals surface area (Å²) in [5.74, 6) is 0.129. The summed E-state index contributed by atoms with van der Waals surface area (Å²) in [6, 6.07) is 14.8. The van der Waals surface area contributed by atoms with Crippen LogP contribution in [0.4, 0.5) is 0 Å². The van der Waals surface area contributed by atoms with E-state index in [1.165, 1.54) is 32.5 Å². The van der Waals surface area contributed by atoms with Gasteiger partial charge in [0.2, 0.25) is 5.91 Å². The molecule has 27 heavy (non-hydrogen) atoms. The molecule has 0 N–H and O–H groups in total. The van der Waals surface area contributed by atoms with E-state index in [2.05, 4.69) is 61.8 Å². The molecule has 0 radical (unpaired) electrons. The van der Waals surface area contributed by atoms with Crippen LogP contribution >= 0.6 is 11.3 Å². The van der Waals surface area contributed by atoms with Gasteiger partial charge in [0, 0.05) is 34.0 Å². The number of carbonyl (C=O) groups is 1. The average Bonchev–Trinajstić information content (AvgIpc) is 3.06. The van der Waals surface area contributed by atoms with Crippen molar-refractivity contribution in [1.82, 2.24) is 9.88 Å². The Hall–Kier alpha value is -2.72. The largest absolute Gasteiger partial charge is 0.333 e. The molecule has 3 nitrogen and oxygen atoms in total. The lowest BCUT2D eigenvalue weighted by Crippen LogP contribution is -2.37. The highest BCUT2D eigenvalue weighted by Gasteiger charge is 2.31. The summed E-state index contributed by atoms with van der Waals surface area (Å²) < 4.78 is 0. The molecule has 0 unspecified atom stereocenters. The SMILES string of the molecule is C=CC(=O)N1Cc2sc(C)cc2[C@@H](c2ccccc2-c2cc(C)ccn2)C1. The molecule has 136 valence electrons. The molecule has 1 aromatic carbocycles. The number of nitrogens with zero attached hydrogens (tertiary/aromatic N) is 2. The van der Waals surface area contributed by atoms with Crippen LogP contribution in [0.3, 0.4) is 0 Å². The maximum absolute atomic E-state index is 12.4. The van der Waals surface area contributed by atoms with Crippen LogP contribution in [0, 0.1) is 13.8 Å². The van der Waals surface area contributed by atoms with Crippen LogP contribution < -0.4 is 0 Å². The highest BCUT2D eigenvalue weighted by molar-refractivity contribution is 7.12. The number of thiophene rings is 1. The van der Waals surface area contributed by atoms with E-state index in [1.807, 2.05) is 17.2 Å². The van der Waals surface area contributed by atoms with E-state index in [0.29, 0.717) is 13.1 Å². The van der Waals surface area contributed by atoms with Crippen LogP contribution in [0.1, 0.15) is 32.4 Å². The lowest BCUT2D eigenvalue weighted by molar-refractivity contribution is -0.127. The number of aromatic nitrogens is 1. The predicted molar refractivity (Wildman–Crippen MR) is 111 cm³/mol. The number of hydrogen-bond acceptors (Lipinski definition) is 3. The minimum atomic E-state index is -0.0112. The highest BCUT2D eigenvalue weighted by Crippen LogP contribution is 2.41. The number of pyridine rings is 1. The molecule has 3 aromatic rings. The molecular weight excluding hydrogens is 352 g/mol. The Morgan fingerprint density at radius 2 is 2.04 bits per heavy atom. The van der Waals surface area contributed by atoms with Gasteiger partial charge < -0.3 is 4.90 Å². The van der Waals surface area contributed by atoms with Gasteiger partial charge in [-0.3, -0.25) is 9.78 Å². The molecule has 0 spiro atoms. The number of rotatable bonds is 3. The number of hydrogen-bond donors (Lipinski definition) is 0. The predicted octanol–water partition coefficient (Wildman–Crippen LogP) is 5.09. The second kappa shape index (κ2) is 7.12. The Bertz CT molecular complexity index is 1020. The third-order valence-corrected chi connectivity index (χ3v) is 6.14. The molecule has 0 saturated carbocycles. The molecule has 1 atom stereocenters. The smallest absolute Gasteiger partial charge is 0.246 e. The summed E-state index contributed by atoms with van der Waals surface area (Å²) in [7, 11) is 0. The van der Waals surface area contributed by atoms with Crippen molar-refractivity contribution in [3.63, 3.8) is 0 Å². The van der Waals surface area contributed by atoms with Crippen LogP contribution in [0.2, 0.25) is 0 Å². The van der Waals surface area contributed by atoms with Crippen molar-refractivity contribution in [2.75, 3.05) is 6.54 Å². The summed E-state index contributed by atoms with van der Waals surface area (Å²) in [5, 5.41) is 0. The second-order valence-electron chi connectivity index (χ2n) is 7.02. The third-order valence-electron chi connectivity index (χ3n) is 5.09. The van der Waals surface area contributed by atoms with Gasteiger partial charge in [-0.05, 0) is 54.8 Å². The van der Waals surface area contributed by atoms with Crippen molar-refractivity contribution in [2.24, 2.45) is 0 Å². The topological polar surface area (TPSA) is 33.2 Å². The van der Waals surface area contributed by atoms with E-state index in [9.17, 15) is 4.79 Å². The summed E-state index contributed by atoms with van der Waals surface area (Å²) in [6.07, 6.45) is 3.27. The number of benzene rings is 1. The number of amides is 1. The lowest BCUT2D eigenvalue weighted by Gasteiger charge is -2.33. The van der Waals surface area contributed by atoms with Crippen molar-refractivity contribution in [3.8, 4) is 11.3 Å². The molecule has 0 saturated heterocycles. The van der Waals surface area contributed by atoms with Crippen LogP contribution in [0.25, 0.3) is 11.3 Å². The van der Waals surface area contributed by atoms with Crippen LogP contribution in [-0.4, -0.2) is 22.3 Å². The van der Waals surface area contributed by atoms with Gasteiger partial charge in [0.25, 0.3) is 0 Å². The molecule has 0 bridgehead atoms. The minimum Gasteiger partial charge on any atom is -0.333 e. The second-order valence-corrected chi connectivity index (χ2v) is 8.36. The summed E-state index contributed by atoms with van der Waals surface area (Å²) >= 11 is 1.78. The Labute approximate surface area is 164 Å². The molecule has 1 aliphatic heterocycles. The summed E-state index contributed by atoms with van der Waals surface area (Å²) in [4.78, 5) is 21.4. The molecule has 2 aromatic heterocycles. The molecule has 1 aliphatic rings. The van der Waals surface area contributed by atoms with Crippen molar-refractivity contribution < 1.29 is 4.79 Å². The molecular formula is C23H22N2OS. The zero-order chi connectivity index (χ0) is 19.0. The van der Waals surface area contributed by atoms with E-state index in [0.717, 1.165) is 11.3 Å². The lowest BCUT2D eigenvalue weighted by atomic mass is 9.84. The van der Waals surface area contributed by atoms with E-state index in [4.69, 9.17) is 0 Å². The Morgan fingerprint density at radius 3 is 2.81 bits per heavy atom. The third kappa shape index (κ3) is 3.33. The molecule has 0 fully saturated rings. The van der Waals surface area contributed by atoms with Crippen molar-refractivity contribution in [1.29, 1.82) is 0 Å². The molecule has 1 amide bonds. The zero-order valence-electron chi connectivity index (χ0n) is 15.6. The Balaban J connectivity index is 1.85. The van der Waals surface area contributed by atoms with Gasteiger partial charge in [0.1, 0.15) is 0 Å². The average molecular weight is 375 g/mol. The first kappa shape index (κ1) is 17.7. The van der Waals surface area contributed by atoms with Crippen LogP contribution in [0.5, 0.6) is 0 Å². The monoisotopic (exact) mass is 374 g/mol. The summed E-state index contributed by atoms with van der Waals surface area (Å²) in [6.45, 7) is 9.22. The molecule has 4 heteroatoms. The van der Waals surface area contributed by atoms with Crippen LogP contribution in [0.15, 0.2) is 61.3 Å². The van der Waals surface area contributed by atoms with Gasteiger partial charge in [-0.1, -0.05) is 30.8 Å². The van der Waals surface area contributed by atoms with Crippen molar-refractivity contribution >= 4 is 17.2 Å². The Morgan fingerprint density at radius 1 is 1.22 bits per heavy atom. The van der Waals surface area contributed by atoms with E-state index in [-0.39, 0.29) is 11.8 Å². The summed E-state index contributed by atoms with van der Waals surface area (Å²) in [5.41, 5.74) is 5.86. The highest BCUT2D eigenvalue weighted by atomic mass is 32.1. The van der Waals surface area contributed by atoms with Gasteiger partial charge >= 0.3 is 0 Å². The quantitative estimate of drug-likeness (QED) is 0.599. The maximum Gasteiger partial charge on any atom is 0.246 e. The minimum absolute atomic E-state index is 0.0112. The van der Waals surface area contributed by atoms with Crippen molar-refractivity contribution in [2.45, 2.75) is 26.3 Å². The van der Waals surface area contributed by atoms with Gasteiger partial charge in [0.05, 0.1) is 12.2 Å². The first-order valence-electron chi connectivity index (χ1n) is 9.09. The molecule has 0 aliphatic carbocycles. The fraction of sp³-hybridized carbons (Fsp3) is 0.217. The van der Waals surface area contributed by atoms with Gasteiger partial charge in [-0.15, -0.1) is 11.3 Å².